The van der Waals surface area contributed by atoms with Crippen LogP contribution in [0.5, 0.6) is 0 Å². The van der Waals surface area contributed by atoms with Crippen LogP contribution >= 0.6 is 0 Å². The van der Waals surface area contributed by atoms with Crippen LogP contribution in [0.4, 0.5) is 17.2 Å². The van der Waals surface area contributed by atoms with Crippen molar-refractivity contribution in [2.45, 2.75) is 0 Å². The second kappa shape index (κ2) is 15.9. The van der Waals surface area contributed by atoms with Gasteiger partial charge in [-0.05, 0) is 112 Å². The maximum atomic E-state index is 6.33. The second-order valence-electron chi connectivity index (χ2n) is 17.1. The Balaban J connectivity index is 0.870. The van der Waals surface area contributed by atoms with Crippen LogP contribution in [0.25, 0.3) is 99.3 Å². The molecular weight excluding hydrogens is 815 g/mol. The number of rotatable bonds is 8. The fraction of sp³-hybridized carbons (Fsp3) is 0. The lowest BCUT2D eigenvalue weighted by Gasteiger charge is -2.21. The molecule has 0 radical (unpaired) electrons. The first-order chi connectivity index (χ1) is 33.2. The number of aromatic nitrogens is 2. The first-order valence-corrected chi connectivity index (χ1v) is 22.8. The average Bonchev–Trinajstić information content (AvgIpc) is 3.95. The highest BCUT2D eigenvalue weighted by atomic mass is 16.3. The maximum absolute atomic E-state index is 6.33. The molecule has 13 rings (SSSR count). The summed E-state index contributed by atoms with van der Waals surface area (Å²) in [5, 5.41) is 7.16. The first kappa shape index (κ1) is 38.5. The van der Waals surface area contributed by atoms with Crippen molar-refractivity contribution in [1.29, 1.82) is 0 Å². The zero-order valence-corrected chi connectivity index (χ0v) is 36.5. The van der Waals surface area contributed by atoms with Gasteiger partial charge in [-0.1, -0.05) is 170 Å². The van der Waals surface area contributed by atoms with Gasteiger partial charge in [-0.3, -0.25) is 0 Å². The summed E-state index contributed by atoms with van der Waals surface area (Å²) in [5.41, 5.74) is 15.5. The van der Waals surface area contributed by atoms with Gasteiger partial charge in [0, 0.05) is 38.7 Å². The molecule has 67 heavy (non-hydrogen) atoms. The summed E-state index contributed by atoms with van der Waals surface area (Å²) in [6.07, 6.45) is 2.17. The summed E-state index contributed by atoms with van der Waals surface area (Å²) in [7, 11) is 0. The van der Waals surface area contributed by atoms with Crippen molar-refractivity contribution in [3.8, 4) is 44.8 Å². The van der Waals surface area contributed by atoms with Crippen LogP contribution in [0.1, 0.15) is 0 Å². The molecule has 0 amide bonds. The van der Waals surface area contributed by atoms with Gasteiger partial charge in [-0.2, -0.15) is 9.47 Å². The van der Waals surface area contributed by atoms with Crippen molar-refractivity contribution in [2.24, 2.45) is 0 Å². The van der Waals surface area contributed by atoms with Gasteiger partial charge in [0.15, 0.2) is 0 Å². The molecule has 0 aliphatic rings. The van der Waals surface area contributed by atoms with Gasteiger partial charge < -0.3 is 8.98 Å². The number of hydrogen-bond donors (Lipinski definition) is 0. The Bertz CT molecular complexity index is 3920. The van der Waals surface area contributed by atoms with Crippen LogP contribution in [0.15, 0.2) is 259 Å². The van der Waals surface area contributed by atoms with Crippen LogP contribution in [0, 0.1) is 0 Å². The molecule has 0 spiro atoms. The zero-order chi connectivity index (χ0) is 44.3. The van der Waals surface area contributed by atoms with Crippen LogP contribution in [-0.2, 0) is 0 Å². The Kier molecular flexibility index (Phi) is 9.14. The van der Waals surface area contributed by atoms with Crippen molar-refractivity contribution in [2.75, 3.05) is 4.90 Å². The normalized spacial score (nSPS) is 11.6. The van der Waals surface area contributed by atoms with Crippen molar-refractivity contribution < 1.29 is 8.98 Å². The fourth-order valence-corrected chi connectivity index (χ4v) is 10.1. The Morgan fingerprint density at radius 3 is 1.66 bits per heavy atom. The molecule has 0 unspecified atom stereocenters. The summed E-state index contributed by atoms with van der Waals surface area (Å²) in [5.74, 6) is 1.02. The number of hydrogen-bond acceptors (Lipinski definition) is 2. The quantitative estimate of drug-likeness (QED) is 0.142. The predicted octanol–water partition coefficient (Wildman–Crippen LogP) is 16.6. The molecule has 3 aromatic heterocycles. The Labute approximate surface area is 388 Å². The number of fused-ring (bicyclic) bond motifs is 7. The lowest BCUT2D eigenvalue weighted by molar-refractivity contribution is -0.580. The molecule has 4 nitrogen and oxygen atoms in total. The summed E-state index contributed by atoms with van der Waals surface area (Å²) >= 11 is 0. The molecule has 0 atom stereocenters. The number of furan rings is 1. The average molecular weight is 857 g/mol. The molecule has 13 aromatic rings. The van der Waals surface area contributed by atoms with Gasteiger partial charge in [0.05, 0.1) is 17.2 Å². The molecular formula is C63H42N3O+. The number of anilines is 3. The first-order valence-electron chi connectivity index (χ1n) is 22.8. The van der Waals surface area contributed by atoms with Gasteiger partial charge >= 0.3 is 0 Å². The highest BCUT2D eigenvalue weighted by Gasteiger charge is 2.27. The minimum atomic E-state index is 0.884. The van der Waals surface area contributed by atoms with E-state index in [-0.39, 0.29) is 0 Å². The molecule has 0 saturated carbocycles. The van der Waals surface area contributed by atoms with E-state index in [0.29, 0.717) is 0 Å². The molecule has 3 heterocycles. The fourth-order valence-electron chi connectivity index (χ4n) is 10.1. The zero-order valence-electron chi connectivity index (χ0n) is 36.5. The molecule has 314 valence electrons. The third-order valence-electron chi connectivity index (χ3n) is 13.3. The number of para-hydroxylation sites is 3. The third-order valence-corrected chi connectivity index (χ3v) is 13.3. The SMILES string of the molecule is c1cc(-c2cccc3oc4ccccc4c23)cc(N(c2ccc(-c3ccc(-c4ccc(-n5c6ccccc6c6ccccc65)cc4)cc3)cc2)c2cccc[n+]2-c2cccc3ccccc23)c1. The summed E-state index contributed by atoms with van der Waals surface area (Å²) in [4.78, 5) is 2.37. The van der Waals surface area contributed by atoms with Crippen LogP contribution in [0.3, 0.4) is 0 Å². The van der Waals surface area contributed by atoms with Gasteiger partial charge in [-0.15, -0.1) is 0 Å². The molecule has 4 heteroatoms. The van der Waals surface area contributed by atoms with Crippen molar-refractivity contribution in [1.82, 2.24) is 4.57 Å². The van der Waals surface area contributed by atoms with E-state index < -0.39 is 0 Å². The summed E-state index contributed by atoms with van der Waals surface area (Å²) in [6, 6.07) is 89.3. The maximum Gasteiger partial charge on any atom is 0.292 e. The molecule has 0 saturated heterocycles. The van der Waals surface area contributed by atoms with E-state index in [4.69, 9.17) is 4.42 Å². The molecule has 0 aliphatic carbocycles. The van der Waals surface area contributed by atoms with Crippen molar-refractivity contribution in [3.05, 3.63) is 255 Å². The van der Waals surface area contributed by atoms with Crippen LogP contribution < -0.4 is 9.47 Å². The van der Waals surface area contributed by atoms with Gasteiger partial charge in [0.1, 0.15) is 28.2 Å². The lowest BCUT2D eigenvalue weighted by Crippen LogP contribution is -2.36. The molecule has 0 aliphatic heterocycles. The standard InChI is InChI=1S/C63H42N3O/c1-2-18-52-47(14-1)15-12-25-57(52)64-41-10-9-28-62(64)65(51-17-11-16-48(42-51)53-22-13-27-61-63(53)56-21-5-8-26-60(56)67-61)49-37-33-45(34-38-49)43-29-31-44(32-30-43)46-35-39-50(40-36-46)66-58-23-6-3-19-54(58)55-20-4-7-24-59(55)66/h1-42H/q+1. The van der Waals surface area contributed by atoms with E-state index in [9.17, 15) is 0 Å². The monoisotopic (exact) mass is 856 g/mol. The van der Waals surface area contributed by atoms with Crippen molar-refractivity contribution >= 4 is 71.7 Å². The summed E-state index contributed by atoms with van der Waals surface area (Å²) < 4.78 is 11.0. The number of benzene rings is 10. The molecule has 0 bridgehead atoms. The number of pyridine rings is 1. The molecule has 10 aromatic carbocycles. The van der Waals surface area contributed by atoms with Gasteiger partial charge in [0.25, 0.3) is 5.82 Å². The van der Waals surface area contributed by atoms with E-state index in [0.717, 1.165) is 72.8 Å². The minimum Gasteiger partial charge on any atom is -0.456 e. The van der Waals surface area contributed by atoms with Crippen LogP contribution in [-0.4, -0.2) is 4.57 Å². The third kappa shape index (κ3) is 6.57. The highest BCUT2D eigenvalue weighted by Crippen LogP contribution is 2.41. The molecule has 0 fully saturated rings. The lowest BCUT2D eigenvalue weighted by atomic mass is 9.98. The predicted molar refractivity (Wildman–Crippen MR) is 278 cm³/mol. The van der Waals surface area contributed by atoms with Crippen molar-refractivity contribution in [3.63, 3.8) is 0 Å². The Morgan fingerprint density at radius 2 is 0.925 bits per heavy atom. The minimum absolute atomic E-state index is 0.884. The van der Waals surface area contributed by atoms with Gasteiger partial charge in [-0.25, -0.2) is 0 Å². The van der Waals surface area contributed by atoms with E-state index in [1.165, 1.54) is 43.7 Å². The van der Waals surface area contributed by atoms with Crippen LogP contribution in [0.2, 0.25) is 0 Å². The summed E-state index contributed by atoms with van der Waals surface area (Å²) in [6.45, 7) is 0. The second-order valence-corrected chi connectivity index (χ2v) is 17.1. The van der Waals surface area contributed by atoms with E-state index in [2.05, 4.69) is 257 Å². The molecule has 0 N–H and O–H groups in total. The smallest absolute Gasteiger partial charge is 0.292 e. The van der Waals surface area contributed by atoms with E-state index >= 15 is 0 Å². The van der Waals surface area contributed by atoms with E-state index in [1.807, 2.05) is 12.1 Å². The topological polar surface area (TPSA) is 25.2 Å². The van der Waals surface area contributed by atoms with E-state index in [1.54, 1.807) is 0 Å². The van der Waals surface area contributed by atoms with Gasteiger partial charge in [0.2, 0.25) is 0 Å². The largest absolute Gasteiger partial charge is 0.456 e. The Morgan fingerprint density at radius 1 is 0.373 bits per heavy atom. The highest BCUT2D eigenvalue weighted by molar-refractivity contribution is 6.13. The number of nitrogens with zero attached hydrogens (tertiary/aromatic N) is 3. The Hall–Kier alpha value is -8.99.